The molecule has 0 unspecified atom stereocenters. The molecule has 0 radical (unpaired) electrons. The van der Waals surface area contributed by atoms with Crippen LogP contribution < -0.4 is 14.4 Å². The van der Waals surface area contributed by atoms with Gasteiger partial charge >= 0.3 is 0 Å². The Hall–Kier alpha value is -2.54. The van der Waals surface area contributed by atoms with Crippen molar-refractivity contribution in [1.29, 1.82) is 0 Å². The maximum atomic E-state index is 13.3. The summed E-state index contributed by atoms with van der Waals surface area (Å²) in [7, 11) is 1.83. The van der Waals surface area contributed by atoms with Crippen molar-refractivity contribution in [1.82, 2.24) is 14.7 Å². The van der Waals surface area contributed by atoms with Gasteiger partial charge in [-0.15, -0.1) is 0 Å². The summed E-state index contributed by atoms with van der Waals surface area (Å²) in [5.41, 5.74) is 2.54. The highest BCUT2D eigenvalue weighted by molar-refractivity contribution is 5.92. The minimum absolute atomic E-state index is 0.0246. The predicted octanol–water partition coefficient (Wildman–Crippen LogP) is 0.821. The Morgan fingerprint density at radius 3 is 2.64 bits per heavy atom. The maximum Gasteiger partial charge on any atom is 0.272 e. The first-order valence-electron chi connectivity index (χ1n) is 10.1. The van der Waals surface area contributed by atoms with E-state index in [4.69, 9.17) is 9.47 Å². The molecule has 3 heterocycles. The maximum absolute atomic E-state index is 13.3. The van der Waals surface area contributed by atoms with Crippen molar-refractivity contribution in [3.8, 4) is 11.5 Å². The number of carbonyl (C=O) groups excluding carboxylic acids is 1. The zero-order valence-corrected chi connectivity index (χ0v) is 16.7. The van der Waals surface area contributed by atoms with E-state index in [1.54, 1.807) is 9.58 Å². The van der Waals surface area contributed by atoms with Gasteiger partial charge < -0.3 is 19.3 Å². The molecule has 4 rings (SSSR count). The van der Waals surface area contributed by atoms with Crippen molar-refractivity contribution in [3.05, 3.63) is 41.2 Å². The second-order valence-electron chi connectivity index (χ2n) is 7.71. The molecule has 0 atom stereocenters. The van der Waals surface area contributed by atoms with Crippen molar-refractivity contribution >= 4 is 5.91 Å². The molecular weight excluding hydrogens is 356 g/mol. The summed E-state index contributed by atoms with van der Waals surface area (Å²) in [6.45, 7) is 7.72. The third-order valence-corrected chi connectivity index (χ3v) is 5.53. The molecule has 1 fully saturated rings. The first-order valence-corrected chi connectivity index (χ1v) is 10.1. The number of ether oxygens (including phenoxy) is 2. The quantitative estimate of drug-likeness (QED) is 0.800. The average molecular weight is 385 g/mol. The van der Waals surface area contributed by atoms with Crippen LogP contribution in [0, 0.1) is 6.92 Å². The van der Waals surface area contributed by atoms with Crippen LogP contribution in [0.4, 0.5) is 0 Å². The smallest absolute Gasteiger partial charge is 0.272 e. The number of carbonyl (C=O) groups is 1. The van der Waals surface area contributed by atoms with Crippen LogP contribution in [0.1, 0.15) is 34.6 Å². The van der Waals surface area contributed by atoms with Crippen molar-refractivity contribution < 1.29 is 19.2 Å². The molecule has 1 N–H and O–H groups in total. The summed E-state index contributed by atoms with van der Waals surface area (Å²) in [4.78, 5) is 16.8. The summed E-state index contributed by atoms with van der Waals surface area (Å²) in [6.07, 6.45) is 2.57. The lowest BCUT2D eigenvalue weighted by Crippen LogP contribution is -3.10. The second kappa shape index (κ2) is 8.22. The van der Waals surface area contributed by atoms with Gasteiger partial charge in [0.05, 0.1) is 31.9 Å². The van der Waals surface area contributed by atoms with Gasteiger partial charge in [-0.1, -0.05) is 6.07 Å². The highest BCUT2D eigenvalue weighted by Crippen LogP contribution is 2.31. The molecule has 1 aromatic carbocycles. The molecule has 2 aliphatic rings. The van der Waals surface area contributed by atoms with Gasteiger partial charge in [-0.2, -0.15) is 5.10 Å². The van der Waals surface area contributed by atoms with Crippen LogP contribution in [0.2, 0.25) is 0 Å². The summed E-state index contributed by atoms with van der Waals surface area (Å²) < 4.78 is 13.0. The molecule has 150 valence electrons. The summed E-state index contributed by atoms with van der Waals surface area (Å²) in [5.74, 6) is 1.56. The third-order valence-electron chi connectivity index (χ3n) is 5.53. The normalized spacial score (nSPS) is 16.4. The van der Waals surface area contributed by atoms with E-state index in [2.05, 4.69) is 5.10 Å². The van der Waals surface area contributed by atoms with E-state index in [1.165, 1.54) is 25.9 Å². The average Bonchev–Trinajstić information content (AvgIpc) is 3.33. The lowest BCUT2D eigenvalue weighted by molar-refractivity contribution is -0.886. The van der Waals surface area contributed by atoms with E-state index in [1.807, 2.05) is 43.1 Å². The van der Waals surface area contributed by atoms with Crippen molar-refractivity contribution in [2.24, 2.45) is 7.05 Å². The molecule has 0 spiro atoms. The van der Waals surface area contributed by atoms with Crippen LogP contribution in [0.15, 0.2) is 24.3 Å². The van der Waals surface area contributed by atoms with E-state index >= 15 is 0 Å². The van der Waals surface area contributed by atoms with Crippen LogP contribution in [0.25, 0.3) is 0 Å². The number of hydrogen-bond donors (Lipinski definition) is 1. The number of hydrogen-bond acceptors (Lipinski definition) is 4. The Morgan fingerprint density at radius 2 is 1.93 bits per heavy atom. The molecule has 7 heteroatoms. The zero-order chi connectivity index (χ0) is 19.5. The van der Waals surface area contributed by atoms with E-state index < -0.39 is 0 Å². The number of rotatable bonds is 6. The van der Waals surface area contributed by atoms with Crippen LogP contribution in [-0.2, 0) is 13.6 Å². The van der Waals surface area contributed by atoms with Crippen LogP contribution in [-0.4, -0.2) is 60.0 Å². The Balaban J connectivity index is 1.53. The number of fused-ring (bicyclic) bond motifs is 1. The largest absolute Gasteiger partial charge is 0.486 e. The van der Waals surface area contributed by atoms with Crippen LogP contribution in [0.5, 0.6) is 11.5 Å². The predicted molar refractivity (Wildman–Crippen MR) is 105 cm³/mol. The molecule has 2 aromatic rings. The van der Waals surface area contributed by atoms with Gasteiger partial charge in [-0.05, 0) is 30.7 Å². The lowest BCUT2D eigenvalue weighted by Gasteiger charge is -2.25. The Kier molecular flexibility index (Phi) is 5.52. The number of aryl methyl sites for hydroxylation is 2. The topological polar surface area (TPSA) is 61.0 Å². The van der Waals surface area contributed by atoms with Gasteiger partial charge in [0.2, 0.25) is 0 Å². The number of nitrogens with one attached hydrogen (secondary N) is 1. The minimum Gasteiger partial charge on any atom is -0.486 e. The molecule has 0 saturated carbocycles. The molecule has 2 aliphatic heterocycles. The number of amides is 1. The first-order chi connectivity index (χ1) is 13.6. The number of likely N-dealkylation sites (tertiary alicyclic amines) is 1. The van der Waals surface area contributed by atoms with Crippen LogP contribution >= 0.6 is 0 Å². The number of aromatic nitrogens is 2. The van der Waals surface area contributed by atoms with Gasteiger partial charge in [0.25, 0.3) is 5.91 Å². The highest BCUT2D eigenvalue weighted by Gasteiger charge is 2.24. The molecule has 1 amide bonds. The van der Waals surface area contributed by atoms with E-state index in [0.717, 1.165) is 35.8 Å². The molecule has 0 bridgehead atoms. The van der Waals surface area contributed by atoms with Gasteiger partial charge in [0.15, 0.2) is 11.5 Å². The van der Waals surface area contributed by atoms with E-state index in [-0.39, 0.29) is 5.91 Å². The number of nitrogens with zero attached hydrogens (tertiary/aromatic N) is 3. The summed E-state index contributed by atoms with van der Waals surface area (Å²) >= 11 is 0. The lowest BCUT2D eigenvalue weighted by atomic mass is 10.1. The fourth-order valence-corrected chi connectivity index (χ4v) is 4.05. The monoisotopic (exact) mass is 385 g/mol. The molecule has 7 nitrogen and oxygen atoms in total. The van der Waals surface area contributed by atoms with Gasteiger partial charge in [-0.25, -0.2) is 0 Å². The highest BCUT2D eigenvalue weighted by atomic mass is 16.6. The standard InChI is InChI=1S/C21H28N4O3/c1-16-13-18(23(2)22-16)21(26)25(10-9-24-7-3-4-8-24)15-17-5-6-19-20(14-17)28-12-11-27-19/h5-6,13-14H,3-4,7-12,15H2,1-2H3/p+1. The summed E-state index contributed by atoms with van der Waals surface area (Å²) in [6, 6.07) is 7.81. The molecule has 1 saturated heterocycles. The Labute approximate surface area is 165 Å². The Bertz CT molecular complexity index is 842. The van der Waals surface area contributed by atoms with Crippen LogP contribution in [0.3, 0.4) is 0 Å². The van der Waals surface area contributed by atoms with E-state index in [0.29, 0.717) is 25.5 Å². The van der Waals surface area contributed by atoms with Gasteiger partial charge in [0, 0.05) is 26.4 Å². The first kappa shape index (κ1) is 18.8. The molecule has 1 aromatic heterocycles. The van der Waals surface area contributed by atoms with Gasteiger partial charge in [0.1, 0.15) is 18.9 Å². The van der Waals surface area contributed by atoms with Crippen molar-refractivity contribution in [3.63, 3.8) is 0 Å². The second-order valence-corrected chi connectivity index (χ2v) is 7.71. The van der Waals surface area contributed by atoms with Crippen molar-refractivity contribution in [2.75, 3.05) is 39.4 Å². The van der Waals surface area contributed by atoms with Crippen molar-refractivity contribution in [2.45, 2.75) is 26.3 Å². The molecule has 0 aliphatic carbocycles. The SMILES string of the molecule is Cc1cc(C(=O)N(CC[NH+]2CCCC2)Cc2ccc3c(c2)OCCO3)n(C)n1. The fourth-order valence-electron chi connectivity index (χ4n) is 4.05. The minimum atomic E-state index is 0.0246. The molecule has 28 heavy (non-hydrogen) atoms. The fraction of sp³-hybridized carbons (Fsp3) is 0.524. The third kappa shape index (κ3) is 4.14. The molecular formula is C21H29N4O3+. The number of benzene rings is 1. The summed E-state index contributed by atoms with van der Waals surface area (Å²) in [5, 5.41) is 4.34. The van der Waals surface area contributed by atoms with E-state index in [9.17, 15) is 4.79 Å². The van der Waals surface area contributed by atoms with Gasteiger partial charge in [-0.3, -0.25) is 9.48 Å². The Morgan fingerprint density at radius 1 is 1.18 bits per heavy atom. The zero-order valence-electron chi connectivity index (χ0n) is 16.7. The number of quaternary nitrogens is 1.